The van der Waals surface area contributed by atoms with Gasteiger partial charge >= 0.3 is 0 Å². The van der Waals surface area contributed by atoms with Crippen LogP contribution >= 0.6 is 0 Å². The maximum absolute atomic E-state index is 11.0. The predicted octanol–water partition coefficient (Wildman–Crippen LogP) is 5.47. The number of fused-ring (bicyclic) bond motifs is 1. The molecule has 0 saturated heterocycles. The molecule has 2 aromatic carbocycles. The van der Waals surface area contributed by atoms with E-state index in [1.54, 1.807) is 12.4 Å². The number of carbonyl (C=O) groups excluding carboxylic acids is 1. The van der Waals surface area contributed by atoms with Gasteiger partial charge in [0.1, 0.15) is 5.52 Å². The third-order valence-corrected chi connectivity index (χ3v) is 4.78. The SMILES string of the molecule is Cc1ccccc1-c1cccc(Nc2nccc3cc(C=O)cnc23)c1C. The van der Waals surface area contributed by atoms with E-state index in [2.05, 4.69) is 59.5 Å². The Kier molecular flexibility index (Phi) is 4.38. The van der Waals surface area contributed by atoms with Crippen LogP contribution in [-0.4, -0.2) is 16.3 Å². The maximum atomic E-state index is 11.0. The third-order valence-electron chi connectivity index (χ3n) is 4.78. The number of aromatic nitrogens is 2. The number of hydrogen-bond acceptors (Lipinski definition) is 4. The van der Waals surface area contributed by atoms with Crippen molar-refractivity contribution in [2.24, 2.45) is 0 Å². The normalized spacial score (nSPS) is 10.7. The van der Waals surface area contributed by atoms with E-state index in [0.29, 0.717) is 11.4 Å². The fraction of sp³-hybridized carbons (Fsp3) is 0.0870. The number of nitrogens with zero attached hydrogens (tertiary/aromatic N) is 2. The van der Waals surface area contributed by atoms with Gasteiger partial charge in [0.2, 0.25) is 0 Å². The number of rotatable bonds is 4. The number of anilines is 2. The number of pyridine rings is 2. The highest BCUT2D eigenvalue weighted by atomic mass is 16.1. The third kappa shape index (κ3) is 3.17. The molecular formula is C23H19N3O. The highest BCUT2D eigenvalue weighted by molar-refractivity contribution is 5.93. The lowest BCUT2D eigenvalue weighted by atomic mass is 9.95. The standard InChI is InChI=1S/C23H19N3O/c1-15-6-3-4-7-19(15)20-8-5-9-21(16(20)2)26-23-22-18(10-11-24-23)12-17(14-27)13-25-22/h3-14H,1-2H3,(H,24,26). The quantitative estimate of drug-likeness (QED) is 0.494. The summed E-state index contributed by atoms with van der Waals surface area (Å²) in [4.78, 5) is 19.9. The van der Waals surface area contributed by atoms with Gasteiger partial charge in [-0.05, 0) is 54.3 Å². The number of aldehydes is 1. The van der Waals surface area contributed by atoms with Crippen molar-refractivity contribution in [1.82, 2.24) is 9.97 Å². The summed E-state index contributed by atoms with van der Waals surface area (Å²) in [7, 11) is 0. The zero-order valence-electron chi connectivity index (χ0n) is 15.2. The van der Waals surface area contributed by atoms with Crippen LogP contribution in [0.2, 0.25) is 0 Å². The first kappa shape index (κ1) is 16.9. The fourth-order valence-electron chi connectivity index (χ4n) is 3.30. The fourth-order valence-corrected chi connectivity index (χ4v) is 3.30. The summed E-state index contributed by atoms with van der Waals surface area (Å²) in [6, 6.07) is 18.3. The smallest absolute Gasteiger partial charge is 0.156 e. The van der Waals surface area contributed by atoms with Crippen molar-refractivity contribution in [3.05, 3.63) is 83.7 Å². The lowest BCUT2D eigenvalue weighted by molar-refractivity contribution is 0.112. The second-order valence-electron chi connectivity index (χ2n) is 6.54. The molecule has 27 heavy (non-hydrogen) atoms. The van der Waals surface area contributed by atoms with Gasteiger partial charge in [0.05, 0.1) is 0 Å². The molecule has 0 amide bonds. The Labute approximate surface area is 157 Å². The summed E-state index contributed by atoms with van der Waals surface area (Å²) in [5, 5.41) is 4.30. The Bertz CT molecular complexity index is 1150. The van der Waals surface area contributed by atoms with Crippen LogP contribution in [0.1, 0.15) is 21.5 Å². The Hall–Kier alpha value is -3.53. The molecule has 0 fully saturated rings. The minimum absolute atomic E-state index is 0.553. The van der Waals surface area contributed by atoms with Crippen molar-refractivity contribution in [3.8, 4) is 11.1 Å². The molecule has 2 heterocycles. The highest BCUT2D eigenvalue weighted by Crippen LogP contribution is 2.32. The summed E-state index contributed by atoms with van der Waals surface area (Å²) >= 11 is 0. The van der Waals surface area contributed by atoms with Crippen molar-refractivity contribution in [2.75, 3.05) is 5.32 Å². The van der Waals surface area contributed by atoms with Crippen LogP contribution in [-0.2, 0) is 0 Å². The zero-order chi connectivity index (χ0) is 18.8. The molecule has 4 heteroatoms. The van der Waals surface area contributed by atoms with Gasteiger partial charge in [0, 0.05) is 29.0 Å². The van der Waals surface area contributed by atoms with Crippen LogP contribution < -0.4 is 5.32 Å². The van der Waals surface area contributed by atoms with Crippen LogP contribution in [0.15, 0.2) is 67.0 Å². The molecule has 0 unspecified atom stereocenters. The molecule has 1 N–H and O–H groups in total. The van der Waals surface area contributed by atoms with Crippen LogP contribution in [0.4, 0.5) is 11.5 Å². The molecule has 0 bridgehead atoms. The molecular weight excluding hydrogens is 334 g/mol. The topological polar surface area (TPSA) is 54.9 Å². The minimum Gasteiger partial charge on any atom is -0.338 e. The number of benzene rings is 2. The first-order valence-electron chi connectivity index (χ1n) is 8.80. The maximum Gasteiger partial charge on any atom is 0.156 e. The molecule has 4 rings (SSSR count). The Balaban J connectivity index is 1.78. The zero-order valence-corrected chi connectivity index (χ0v) is 15.2. The lowest BCUT2D eigenvalue weighted by Gasteiger charge is -2.15. The summed E-state index contributed by atoms with van der Waals surface area (Å²) < 4.78 is 0. The van der Waals surface area contributed by atoms with Gasteiger partial charge in [-0.3, -0.25) is 9.78 Å². The molecule has 4 nitrogen and oxygen atoms in total. The summed E-state index contributed by atoms with van der Waals surface area (Å²) in [5.41, 5.74) is 7.07. The van der Waals surface area contributed by atoms with E-state index in [4.69, 9.17) is 0 Å². The van der Waals surface area contributed by atoms with E-state index in [-0.39, 0.29) is 0 Å². The predicted molar refractivity (Wildman–Crippen MR) is 110 cm³/mol. The molecule has 0 aliphatic rings. The largest absolute Gasteiger partial charge is 0.338 e. The first-order valence-corrected chi connectivity index (χ1v) is 8.80. The molecule has 0 atom stereocenters. The first-order chi connectivity index (χ1) is 13.2. The summed E-state index contributed by atoms with van der Waals surface area (Å²) in [5.74, 6) is 0.676. The van der Waals surface area contributed by atoms with Crippen molar-refractivity contribution >= 4 is 28.7 Å². The van der Waals surface area contributed by atoms with Crippen molar-refractivity contribution in [2.45, 2.75) is 13.8 Å². The van der Waals surface area contributed by atoms with Gasteiger partial charge in [0.25, 0.3) is 0 Å². The van der Waals surface area contributed by atoms with E-state index in [9.17, 15) is 4.79 Å². The van der Waals surface area contributed by atoms with Gasteiger partial charge in [0.15, 0.2) is 12.1 Å². The van der Waals surface area contributed by atoms with Crippen molar-refractivity contribution < 1.29 is 4.79 Å². The second kappa shape index (κ2) is 7.00. The van der Waals surface area contributed by atoms with E-state index in [1.807, 2.05) is 24.3 Å². The average molecular weight is 353 g/mol. The van der Waals surface area contributed by atoms with Gasteiger partial charge in [-0.25, -0.2) is 4.98 Å². The average Bonchev–Trinajstić information content (AvgIpc) is 2.70. The molecule has 0 aliphatic heterocycles. The Morgan fingerprint density at radius 2 is 1.74 bits per heavy atom. The number of aryl methyl sites for hydroxylation is 1. The van der Waals surface area contributed by atoms with Gasteiger partial charge < -0.3 is 5.32 Å². The van der Waals surface area contributed by atoms with Gasteiger partial charge in [-0.2, -0.15) is 0 Å². The van der Waals surface area contributed by atoms with E-state index < -0.39 is 0 Å². The molecule has 0 spiro atoms. The highest BCUT2D eigenvalue weighted by Gasteiger charge is 2.11. The van der Waals surface area contributed by atoms with Crippen molar-refractivity contribution in [3.63, 3.8) is 0 Å². The molecule has 2 aromatic heterocycles. The monoisotopic (exact) mass is 353 g/mol. The van der Waals surface area contributed by atoms with E-state index >= 15 is 0 Å². The van der Waals surface area contributed by atoms with Gasteiger partial charge in [-0.1, -0.05) is 36.4 Å². The number of hydrogen-bond donors (Lipinski definition) is 1. The Morgan fingerprint density at radius 3 is 2.56 bits per heavy atom. The van der Waals surface area contributed by atoms with Crippen molar-refractivity contribution in [1.29, 1.82) is 0 Å². The summed E-state index contributed by atoms with van der Waals surface area (Å²) in [6.45, 7) is 4.23. The minimum atomic E-state index is 0.553. The molecule has 0 aliphatic carbocycles. The van der Waals surface area contributed by atoms with Crippen LogP contribution in [0.25, 0.3) is 22.0 Å². The van der Waals surface area contributed by atoms with E-state index in [1.165, 1.54) is 16.7 Å². The molecule has 4 aromatic rings. The lowest BCUT2D eigenvalue weighted by Crippen LogP contribution is -1.99. The van der Waals surface area contributed by atoms with Crippen LogP contribution in [0.5, 0.6) is 0 Å². The van der Waals surface area contributed by atoms with Gasteiger partial charge in [-0.15, -0.1) is 0 Å². The molecule has 0 saturated carbocycles. The number of carbonyl (C=O) groups is 1. The molecule has 132 valence electrons. The van der Waals surface area contributed by atoms with Crippen LogP contribution in [0.3, 0.4) is 0 Å². The molecule has 0 radical (unpaired) electrons. The summed E-state index contributed by atoms with van der Waals surface area (Å²) in [6.07, 6.45) is 4.09. The van der Waals surface area contributed by atoms with Crippen LogP contribution in [0, 0.1) is 13.8 Å². The number of nitrogens with one attached hydrogen (secondary N) is 1. The second-order valence-corrected chi connectivity index (χ2v) is 6.54. The Morgan fingerprint density at radius 1 is 0.926 bits per heavy atom. The van der Waals surface area contributed by atoms with E-state index in [0.717, 1.165) is 28.4 Å².